The molecule has 0 rings (SSSR count). The predicted octanol–water partition coefficient (Wildman–Crippen LogP) is 0.491. The van der Waals surface area contributed by atoms with Crippen LogP contribution in [0.2, 0.25) is 0 Å². The molecule has 0 aliphatic heterocycles. The predicted molar refractivity (Wildman–Crippen MR) is 64.1 cm³/mol. The van der Waals surface area contributed by atoms with Crippen molar-refractivity contribution in [1.82, 2.24) is 10.6 Å². The van der Waals surface area contributed by atoms with Crippen LogP contribution in [0.25, 0.3) is 0 Å². The molecule has 7 nitrogen and oxygen atoms in total. The maximum absolute atomic E-state index is 11.3. The fourth-order valence-corrected chi connectivity index (χ4v) is 1.19. The molecule has 0 fully saturated rings. The summed E-state index contributed by atoms with van der Waals surface area (Å²) in [5, 5.41) is 13.5. The van der Waals surface area contributed by atoms with Gasteiger partial charge in [-0.05, 0) is 20.8 Å². The molecule has 3 N–H and O–H groups in total. The molecule has 0 saturated carbocycles. The van der Waals surface area contributed by atoms with E-state index in [-0.39, 0.29) is 18.9 Å². The summed E-state index contributed by atoms with van der Waals surface area (Å²) in [5.74, 6) is -1.41. The minimum atomic E-state index is -1.06. The molecule has 0 unspecified atom stereocenters. The second-order valence-electron chi connectivity index (χ2n) is 4.88. The summed E-state index contributed by atoms with van der Waals surface area (Å²) >= 11 is 0. The van der Waals surface area contributed by atoms with Crippen molar-refractivity contribution in [3.05, 3.63) is 0 Å². The van der Waals surface area contributed by atoms with Crippen LogP contribution in [0.5, 0.6) is 0 Å². The van der Waals surface area contributed by atoms with Gasteiger partial charge in [0.1, 0.15) is 5.60 Å². The van der Waals surface area contributed by atoms with Gasteiger partial charge in [0.05, 0.1) is 12.5 Å². The van der Waals surface area contributed by atoms with Gasteiger partial charge in [-0.1, -0.05) is 0 Å². The number of hydrogen-bond donors (Lipinski definition) is 3. The Morgan fingerprint density at radius 3 is 2.22 bits per heavy atom. The SMILES string of the molecule is CC(=O)N[C@H](CNC(=O)OC(C)(C)C)CC(=O)O. The van der Waals surface area contributed by atoms with Crippen LogP contribution in [0.1, 0.15) is 34.1 Å². The second kappa shape index (κ2) is 6.83. The van der Waals surface area contributed by atoms with Gasteiger partial charge in [-0.2, -0.15) is 0 Å². The van der Waals surface area contributed by atoms with Gasteiger partial charge in [0, 0.05) is 13.5 Å². The van der Waals surface area contributed by atoms with E-state index >= 15 is 0 Å². The second-order valence-corrected chi connectivity index (χ2v) is 4.88. The third-order valence-electron chi connectivity index (χ3n) is 1.72. The van der Waals surface area contributed by atoms with Gasteiger partial charge < -0.3 is 20.5 Å². The Kier molecular flexibility index (Phi) is 6.15. The number of ether oxygens (including phenoxy) is 1. The van der Waals surface area contributed by atoms with Gasteiger partial charge in [-0.15, -0.1) is 0 Å². The van der Waals surface area contributed by atoms with Crippen LogP contribution < -0.4 is 10.6 Å². The molecule has 1 atom stereocenters. The molecule has 0 aromatic heterocycles. The highest BCUT2D eigenvalue weighted by molar-refractivity contribution is 5.75. The number of alkyl carbamates (subject to hydrolysis) is 1. The quantitative estimate of drug-likeness (QED) is 0.667. The lowest BCUT2D eigenvalue weighted by Gasteiger charge is -2.21. The van der Waals surface area contributed by atoms with Gasteiger partial charge in [-0.3, -0.25) is 9.59 Å². The third-order valence-corrected chi connectivity index (χ3v) is 1.72. The van der Waals surface area contributed by atoms with E-state index in [2.05, 4.69) is 10.6 Å². The molecule has 0 saturated heterocycles. The van der Waals surface area contributed by atoms with E-state index in [9.17, 15) is 14.4 Å². The largest absolute Gasteiger partial charge is 0.481 e. The van der Waals surface area contributed by atoms with E-state index in [1.807, 2.05) is 0 Å². The molecule has 104 valence electrons. The summed E-state index contributed by atoms with van der Waals surface area (Å²) in [4.78, 5) is 32.8. The van der Waals surface area contributed by atoms with Crippen molar-refractivity contribution in [2.24, 2.45) is 0 Å². The van der Waals surface area contributed by atoms with Crippen LogP contribution in [0.15, 0.2) is 0 Å². The minimum Gasteiger partial charge on any atom is -0.481 e. The van der Waals surface area contributed by atoms with Crippen molar-refractivity contribution >= 4 is 18.0 Å². The Labute approximate surface area is 106 Å². The van der Waals surface area contributed by atoms with Crippen molar-refractivity contribution in [3.8, 4) is 0 Å². The number of carbonyl (C=O) groups is 3. The molecule has 0 aromatic carbocycles. The molecule has 0 aliphatic carbocycles. The van der Waals surface area contributed by atoms with Crippen LogP contribution in [0, 0.1) is 0 Å². The van der Waals surface area contributed by atoms with Gasteiger partial charge in [0.25, 0.3) is 0 Å². The maximum Gasteiger partial charge on any atom is 0.407 e. The molecule has 0 radical (unpaired) electrons. The smallest absolute Gasteiger partial charge is 0.407 e. The van der Waals surface area contributed by atoms with E-state index in [4.69, 9.17) is 9.84 Å². The summed E-state index contributed by atoms with van der Waals surface area (Å²) < 4.78 is 4.99. The molecule has 2 amide bonds. The lowest BCUT2D eigenvalue weighted by molar-refractivity contribution is -0.137. The number of amides is 2. The molecule has 7 heteroatoms. The standard InChI is InChI=1S/C11H20N2O5/c1-7(14)13-8(5-9(15)16)6-12-10(17)18-11(2,3)4/h8H,5-6H2,1-4H3,(H,12,17)(H,13,14)(H,15,16)/t8-/m0/s1. The average molecular weight is 260 g/mol. The van der Waals surface area contributed by atoms with Crippen molar-refractivity contribution in [2.75, 3.05) is 6.54 Å². The van der Waals surface area contributed by atoms with E-state index in [0.29, 0.717) is 0 Å². The maximum atomic E-state index is 11.3. The zero-order valence-corrected chi connectivity index (χ0v) is 11.1. The highest BCUT2D eigenvalue weighted by atomic mass is 16.6. The van der Waals surface area contributed by atoms with Crippen molar-refractivity contribution in [2.45, 2.75) is 45.8 Å². The van der Waals surface area contributed by atoms with E-state index in [0.717, 1.165) is 0 Å². The molecule has 0 bridgehead atoms. The number of carboxylic acids is 1. The number of hydrogen-bond acceptors (Lipinski definition) is 4. The Bertz CT molecular complexity index is 306. The van der Waals surface area contributed by atoms with Gasteiger partial charge in [-0.25, -0.2) is 4.79 Å². The van der Waals surface area contributed by atoms with Crippen molar-refractivity contribution < 1.29 is 24.2 Å². The van der Waals surface area contributed by atoms with Crippen LogP contribution in [-0.2, 0) is 14.3 Å². The summed E-state index contributed by atoms with van der Waals surface area (Å²) in [6.07, 6.45) is -0.918. The summed E-state index contributed by atoms with van der Waals surface area (Å²) in [7, 11) is 0. The first kappa shape index (κ1) is 16.2. The Balaban J connectivity index is 4.21. The number of carbonyl (C=O) groups excluding carboxylic acids is 2. The van der Waals surface area contributed by atoms with E-state index in [1.54, 1.807) is 20.8 Å². The summed E-state index contributed by atoms with van der Waals surface area (Å²) in [6, 6.07) is -0.660. The molecule has 0 spiro atoms. The van der Waals surface area contributed by atoms with Crippen LogP contribution in [0.4, 0.5) is 4.79 Å². The highest BCUT2D eigenvalue weighted by Crippen LogP contribution is 2.06. The molecule has 0 aliphatic rings. The topological polar surface area (TPSA) is 105 Å². The molecule has 0 heterocycles. The van der Waals surface area contributed by atoms with Crippen LogP contribution in [0.3, 0.4) is 0 Å². The Morgan fingerprint density at radius 2 is 1.83 bits per heavy atom. The third kappa shape index (κ3) is 9.44. The molecular weight excluding hydrogens is 240 g/mol. The molecular formula is C11H20N2O5. The molecule has 18 heavy (non-hydrogen) atoms. The number of aliphatic carboxylic acids is 1. The van der Waals surface area contributed by atoms with Crippen LogP contribution >= 0.6 is 0 Å². The lowest BCUT2D eigenvalue weighted by atomic mass is 10.2. The van der Waals surface area contributed by atoms with Crippen molar-refractivity contribution in [3.63, 3.8) is 0 Å². The first-order chi connectivity index (χ1) is 8.10. The normalized spacial score (nSPS) is 12.4. The summed E-state index contributed by atoms with van der Waals surface area (Å²) in [5.41, 5.74) is -0.625. The zero-order valence-electron chi connectivity index (χ0n) is 11.1. The van der Waals surface area contributed by atoms with Gasteiger partial charge in [0.2, 0.25) is 5.91 Å². The first-order valence-corrected chi connectivity index (χ1v) is 5.56. The van der Waals surface area contributed by atoms with E-state index in [1.165, 1.54) is 6.92 Å². The summed E-state index contributed by atoms with van der Waals surface area (Å²) in [6.45, 7) is 6.43. The van der Waals surface area contributed by atoms with E-state index < -0.39 is 23.7 Å². The fraction of sp³-hybridized carbons (Fsp3) is 0.727. The number of nitrogens with one attached hydrogen (secondary N) is 2. The highest BCUT2D eigenvalue weighted by Gasteiger charge is 2.19. The van der Waals surface area contributed by atoms with Crippen LogP contribution in [-0.4, -0.2) is 41.3 Å². The minimum absolute atomic E-state index is 0.000787. The van der Waals surface area contributed by atoms with Gasteiger partial charge >= 0.3 is 12.1 Å². The van der Waals surface area contributed by atoms with Gasteiger partial charge in [0.15, 0.2) is 0 Å². The Hall–Kier alpha value is -1.79. The fourth-order valence-electron chi connectivity index (χ4n) is 1.19. The monoisotopic (exact) mass is 260 g/mol. The Morgan fingerprint density at radius 1 is 1.28 bits per heavy atom. The first-order valence-electron chi connectivity index (χ1n) is 5.56. The van der Waals surface area contributed by atoms with Crippen molar-refractivity contribution in [1.29, 1.82) is 0 Å². The number of carboxylic acid groups (broad SMARTS) is 1. The zero-order chi connectivity index (χ0) is 14.3. The lowest BCUT2D eigenvalue weighted by Crippen LogP contribution is -2.45. The molecule has 0 aromatic rings. The average Bonchev–Trinajstić information content (AvgIpc) is 2.09. The number of rotatable bonds is 5.